The maximum Gasteiger partial charge on any atom is 0.220 e. The summed E-state index contributed by atoms with van der Waals surface area (Å²) in [4.78, 5) is 14.6. The fraction of sp³-hybridized carbons (Fsp3) is 0.317. The first-order valence-electron chi connectivity index (χ1n) is 16.2. The van der Waals surface area contributed by atoms with Crippen molar-refractivity contribution in [3.8, 4) is 12.3 Å². The van der Waals surface area contributed by atoms with E-state index in [-0.39, 0.29) is 16.7 Å². The van der Waals surface area contributed by atoms with Crippen LogP contribution in [0.3, 0.4) is 0 Å². The predicted molar refractivity (Wildman–Crippen MR) is 190 cm³/mol. The summed E-state index contributed by atoms with van der Waals surface area (Å²) in [5, 5.41) is 7.97. The standard InChI is InChI=1S/C41H43N3O/c1-7-27-42-37(45)22-9-8-14-28-44-34-26-24-30-17-11-13-19-32(30)39(34)41(4,5)36(44)21-15-20-35-40(2,3)38-31-18-12-10-16-29(31)23-25-33(38)43(35)6/h1,10-13,15-21,23-26H,8-9,14,22,27-28H2,2-6H3/p+1. The summed E-state index contributed by atoms with van der Waals surface area (Å²) in [6, 6.07) is 26.5. The maximum atomic E-state index is 12.0. The van der Waals surface area contributed by atoms with Crippen molar-refractivity contribution in [2.45, 2.75) is 64.2 Å². The summed E-state index contributed by atoms with van der Waals surface area (Å²) in [7, 11) is 2.19. The van der Waals surface area contributed by atoms with Crippen molar-refractivity contribution in [3.63, 3.8) is 0 Å². The summed E-state index contributed by atoms with van der Waals surface area (Å²) in [6.07, 6.45) is 15.5. The molecule has 1 amide bonds. The first-order chi connectivity index (χ1) is 21.7. The predicted octanol–water partition coefficient (Wildman–Crippen LogP) is 8.55. The van der Waals surface area contributed by atoms with E-state index in [1.54, 1.807) is 0 Å². The molecule has 1 N–H and O–H groups in total. The molecule has 0 atom stereocenters. The number of hydrogen-bond donors (Lipinski definition) is 1. The summed E-state index contributed by atoms with van der Waals surface area (Å²) >= 11 is 0. The van der Waals surface area contributed by atoms with Crippen molar-refractivity contribution in [2.75, 3.05) is 25.0 Å². The largest absolute Gasteiger partial charge is 0.345 e. The lowest BCUT2D eigenvalue weighted by molar-refractivity contribution is -0.401. The molecule has 0 saturated carbocycles. The van der Waals surface area contributed by atoms with E-state index in [4.69, 9.17) is 6.42 Å². The summed E-state index contributed by atoms with van der Waals surface area (Å²) in [5.74, 6) is 2.50. The van der Waals surface area contributed by atoms with E-state index >= 15 is 0 Å². The minimum Gasteiger partial charge on any atom is -0.345 e. The quantitative estimate of drug-likeness (QED) is 0.120. The van der Waals surface area contributed by atoms with Crippen LogP contribution in [0.25, 0.3) is 21.5 Å². The van der Waals surface area contributed by atoms with Crippen LogP contribution in [-0.4, -0.2) is 36.3 Å². The molecule has 4 aromatic carbocycles. The van der Waals surface area contributed by atoms with Gasteiger partial charge in [0.1, 0.15) is 7.05 Å². The van der Waals surface area contributed by atoms with Gasteiger partial charge in [0.15, 0.2) is 5.71 Å². The van der Waals surface area contributed by atoms with Crippen LogP contribution in [0.2, 0.25) is 0 Å². The average molecular weight is 595 g/mol. The molecule has 0 saturated heterocycles. The molecule has 4 nitrogen and oxygen atoms in total. The van der Waals surface area contributed by atoms with Crippen molar-refractivity contribution >= 4 is 44.5 Å². The number of nitrogens with zero attached hydrogens (tertiary/aromatic N) is 2. The smallest absolute Gasteiger partial charge is 0.220 e. The first kappa shape index (κ1) is 30.4. The molecule has 4 aromatic rings. The Labute approximate surface area is 268 Å². The van der Waals surface area contributed by atoms with E-state index in [0.29, 0.717) is 13.0 Å². The normalized spacial score (nSPS) is 17.3. The number of amides is 1. The van der Waals surface area contributed by atoms with Gasteiger partial charge in [-0.25, -0.2) is 0 Å². The van der Waals surface area contributed by atoms with Gasteiger partial charge in [0, 0.05) is 47.5 Å². The fourth-order valence-electron chi connectivity index (χ4n) is 7.67. The Morgan fingerprint density at radius 3 is 2.24 bits per heavy atom. The van der Waals surface area contributed by atoms with Crippen molar-refractivity contribution < 1.29 is 9.37 Å². The molecule has 2 heterocycles. The highest BCUT2D eigenvalue weighted by atomic mass is 16.1. The summed E-state index contributed by atoms with van der Waals surface area (Å²) in [5.41, 5.74) is 7.64. The van der Waals surface area contributed by atoms with Gasteiger partial charge in [-0.15, -0.1) is 6.42 Å². The number of benzene rings is 4. The minimum atomic E-state index is -0.170. The van der Waals surface area contributed by atoms with Crippen LogP contribution in [-0.2, 0) is 15.6 Å². The zero-order valence-corrected chi connectivity index (χ0v) is 27.3. The lowest BCUT2D eigenvalue weighted by Crippen LogP contribution is -2.28. The zero-order chi connectivity index (χ0) is 31.8. The van der Waals surface area contributed by atoms with Crippen molar-refractivity contribution in [1.29, 1.82) is 0 Å². The Hall–Kier alpha value is -4.62. The number of anilines is 1. The molecule has 0 bridgehead atoms. The molecule has 0 fully saturated rings. The van der Waals surface area contributed by atoms with Gasteiger partial charge in [-0.1, -0.05) is 86.9 Å². The molecular weight excluding hydrogens is 550 g/mol. The molecule has 45 heavy (non-hydrogen) atoms. The zero-order valence-electron chi connectivity index (χ0n) is 27.3. The van der Waals surface area contributed by atoms with Crippen LogP contribution in [0.15, 0.2) is 96.7 Å². The van der Waals surface area contributed by atoms with Gasteiger partial charge >= 0.3 is 0 Å². The summed E-state index contributed by atoms with van der Waals surface area (Å²) < 4.78 is 2.36. The monoisotopic (exact) mass is 594 g/mol. The molecule has 2 aliphatic rings. The third kappa shape index (κ3) is 5.35. The van der Waals surface area contributed by atoms with Crippen LogP contribution >= 0.6 is 0 Å². The molecule has 0 aliphatic carbocycles. The van der Waals surface area contributed by atoms with Crippen molar-refractivity contribution in [3.05, 3.63) is 108 Å². The third-order valence-corrected chi connectivity index (χ3v) is 9.83. The highest BCUT2D eigenvalue weighted by Crippen LogP contribution is 2.51. The maximum absolute atomic E-state index is 12.0. The fourth-order valence-corrected chi connectivity index (χ4v) is 7.67. The topological polar surface area (TPSA) is 35.4 Å². The molecule has 0 spiro atoms. The Morgan fingerprint density at radius 1 is 0.867 bits per heavy atom. The number of unbranched alkanes of at least 4 members (excludes halogenated alkanes) is 2. The van der Waals surface area contributed by atoms with Crippen LogP contribution in [0, 0.1) is 12.3 Å². The number of rotatable bonds is 9. The number of carbonyl (C=O) groups excluding carboxylic acids is 1. The van der Waals surface area contributed by atoms with Gasteiger partial charge in [0.05, 0.1) is 12.0 Å². The van der Waals surface area contributed by atoms with Crippen molar-refractivity contribution in [1.82, 2.24) is 5.32 Å². The second kappa shape index (κ2) is 12.1. The number of allylic oxidation sites excluding steroid dienone is 4. The van der Waals surface area contributed by atoms with Crippen LogP contribution in [0.4, 0.5) is 11.4 Å². The molecule has 4 heteroatoms. The van der Waals surface area contributed by atoms with Gasteiger partial charge in [-0.3, -0.25) is 4.79 Å². The van der Waals surface area contributed by atoms with E-state index in [0.717, 1.165) is 25.8 Å². The Morgan fingerprint density at radius 2 is 1.53 bits per heavy atom. The molecule has 0 aromatic heterocycles. The SMILES string of the molecule is C#CCNC(=O)CCCCCN1C(=CC=CC2=[N+](C)c3ccc4ccccc4c3C2(C)C)C(C)(C)c2c1ccc1ccccc21. The van der Waals surface area contributed by atoms with Gasteiger partial charge in [-0.05, 0) is 72.0 Å². The summed E-state index contributed by atoms with van der Waals surface area (Å²) in [6.45, 7) is 10.6. The van der Waals surface area contributed by atoms with E-state index in [1.165, 1.54) is 55.5 Å². The van der Waals surface area contributed by atoms with E-state index in [2.05, 4.69) is 146 Å². The Bertz CT molecular complexity index is 1930. The van der Waals surface area contributed by atoms with Crippen molar-refractivity contribution in [2.24, 2.45) is 0 Å². The molecule has 6 rings (SSSR count). The third-order valence-electron chi connectivity index (χ3n) is 9.83. The Kier molecular flexibility index (Phi) is 8.14. The van der Waals surface area contributed by atoms with Gasteiger partial charge in [0.25, 0.3) is 0 Å². The minimum absolute atomic E-state index is 0.0326. The van der Waals surface area contributed by atoms with E-state index in [9.17, 15) is 4.79 Å². The highest BCUT2D eigenvalue weighted by Gasteiger charge is 2.44. The lowest BCUT2D eigenvalue weighted by Gasteiger charge is -2.27. The molecular formula is C41H44N3O+. The van der Waals surface area contributed by atoms with Crippen LogP contribution in [0.5, 0.6) is 0 Å². The number of terminal acetylenes is 1. The van der Waals surface area contributed by atoms with Crippen LogP contribution < -0.4 is 10.2 Å². The highest BCUT2D eigenvalue weighted by molar-refractivity contribution is 6.07. The van der Waals surface area contributed by atoms with Gasteiger partial charge < -0.3 is 10.2 Å². The van der Waals surface area contributed by atoms with Gasteiger partial charge in [-0.2, -0.15) is 4.58 Å². The molecule has 228 valence electrons. The second-order valence-corrected chi connectivity index (χ2v) is 13.4. The molecule has 0 unspecified atom stereocenters. The lowest BCUT2D eigenvalue weighted by atomic mass is 9.79. The number of carbonyl (C=O) groups is 1. The van der Waals surface area contributed by atoms with E-state index < -0.39 is 0 Å². The second-order valence-electron chi connectivity index (χ2n) is 13.4. The number of hydrogen-bond acceptors (Lipinski definition) is 2. The van der Waals surface area contributed by atoms with Gasteiger partial charge in [0.2, 0.25) is 11.6 Å². The van der Waals surface area contributed by atoms with E-state index in [1.807, 2.05) is 0 Å². The first-order valence-corrected chi connectivity index (χ1v) is 16.2. The van der Waals surface area contributed by atoms with Crippen LogP contribution in [0.1, 0.15) is 64.5 Å². The molecule has 0 radical (unpaired) electrons. The Balaban J connectivity index is 1.31. The average Bonchev–Trinajstić information content (AvgIpc) is 3.37. The number of nitrogens with one attached hydrogen (secondary N) is 1. The number of fused-ring (bicyclic) bond motifs is 6. The molecule has 2 aliphatic heterocycles.